The van der Waals surface area contributed by atoms with E-state index in [-0.39, 0.29) is 16.5 Å². The summed E-state index contributed by atoms with van der Waals surface area (Å²) >= 11 is 5.94. The van der Waals surface area contributed by atoms with Gasteiger partial charge in [-0.2, -0.15) is 0 Å². The number of methoxy groups -OCH3 is 1. The molecule has 1 amide bonds. The number of carbonyl (C=O) groups is 1. The summed E-state index contributed by atoms with van der Waals surface area (Å²) in [6.07, 6.45) is 0. The second-order valence-electron chi connectivity index (χ2n) is 6.75. The molecule has 0 aromatic heterocycles. The molecule has 0 saturated heterocycles. The lowest BCUT2D eigenvalue weighted by Crippen LogP contribution is -2.16. The van der Waals surface area contributed by atoms with Gasteiger partial charge in [0.1, 0.15) is 5.75 Å². The smallest absolute Gasteiger partial charge is 0.261 e. The molecule has 0 aliphatic carbocycles. The number of carbonyl (C=O) groups excluding carboxylic acids is 1. The molecule has 8 heteroatoms. The van der Waals surface area contributed by atoms with Gasteiger partial charge in [0.05, 0.1) is 23.4 Å². The average Bonchev–Trinajstić information content (AvgIpc) is 2.70. The van der Waals surface area contributed by atoms with Crippen LogP contribution in [0.3, 0.4) is 0 Å². The van der Waals surface area contributed by atoms with E-state index in [9.17, 15) is 13.2 Å². The number of sulfonamides is 1. The number of rotatable bonds is 6. The van der Waals surface area contributed by atoms with Gasteiger partial charge in [-0.05, 0) is 67.9 Å². The number of anilines is 2. The van der Waals surface area contributed by atoms with Crippen LogP contribution in [0.5, 0.6) is 5.75 Å². The normalized spacial score (nSPS) is 11.1. The van der Waals surface area contributed by atoms with Crippen molar-refractivity contribution in [1.82, 2.24) is 0 Å². The minimum atomic E-state index is -3.90. The molecule has 6 nitrogen and oxygen atoms in total. The molecule has 0 fully saturated rings. The molecule has 3 aromatic rings. The van der Waals surface area contributed by atoms with Crippen LogP contribution in [0, 0.1) is 13.8 Å². The number of hydrogen-bond acceptors (Lipinski definition) is 4. The van der Waals surface area contributed by atoms with Crippen LogP contribution < -0.4 is 14.8 Å². The number of benzene rings is 3. The van der Waals surface area contributed by atoms with Gasteiger partial charge in [0.25, 0.3) is 15.9 Å². The predicted molar refractivity (Wildman–Crippen MR) is 119 cm³/mol. The van der Waals surface area contributed by atoms with Crippen LogP contribution in [0.25, 0.3) is 0 Å². The van der Waals surface area contributed by atoms with Crippen LogP contribution in [0.1, 0.15) is 21.5 Å². The Balaban J connectivity index is 1.91. The van der Waals surface area contributed by atoms with E-state index in [0.717, 1.165) is 5.56 Å². The molecular weight excluding hydrogens is 424 g/mol. The predicted octanol–water partition coefficient (Wildman–Crippen LogP) is 5.02. The third kappa shape index (κ3) is 4.93. The van der Waals surface area contributed by atoms with Crippen LogP contribution in [-0.4, -0.2) is 21.4 Å². The maximum absolute atomic E-state index is 12.9. The zero-order valence-electron chi connectivity index (χ0n) is 16.7. The van der Waals surface area contributed by atoms with E-state index in [1.807, 2.05) is 19.1 Å². The van der Waals surface area contributed by atoms with Crippen molar-refractivity contribution in [2.75, 3.05) is 17.1 Å². The van der Waals surface area contributed by atoms with Crippen LogP contribution in [0.15, 0.2) is 65.6 Å². The largest absolute Gasteiger partial charge is 0.495 e. The third-order valence-electron chi connectivity index (χ3n) is 4.48. The number of halogens is 1. The molecule has 3 rings (SSSR count). The first-order valence-corrected chi connectivity index (χ1v) is 10.9. The molecule has 156 valence electrons. The van der Waals surface area contributed by atoms with E-state index in [2.05, 4.69) is 10.0 Å². The molecule has 0 unspecified atom stereocenters. The van der Waals surface area contributed by atoms with Gasteiger partial charge in [0.15, 0.2) is 0 Å². The number of amides is 1. The van der Waals surface area contributed by atoms with E-state index in [1.54, 1.807) is 37.3 Å². The fourth-order valence-electron chi connectivity index (χ4n) is 2.80. The highest BCUT2D eigenvalue weighted by Gasteiger charge is 2.19. The Hall–Kier alpha value is -3.03. The summed E-state index contributed by atoms with van der Waals surface area (Å²) in [5, 5.41) is 3.23. The van der Waals surface area contributed by atoms with Gasteiger partial charge >= 0.3 is 0 Å². The number of hydrogen-bond donors (Lipinski definition) is 2. The van der Waals surface area contributed by atoms with Gasteiger partial charge in [0.2, 0.25) is 0 Å². The van der Waals surface area contributed by atoms with E-state index < -0.39 is 10.0 Å². The molecule has 0 aliphatic rings. The standard InChI is InChI=1S/C22H21ClN2O4S/c1-14-4-6-16(7-5-14)22(26)24-20-13-18(9-11-21(20)29-3)30(27,28)25-19-10-8-17(23)12-15(19)2/h4-13,25H,1-3H3,(H,24,26). The van der Waals surface area contributed by atoms with Crippen molar-refractivity contribution in [3.63, 3.8) is 0 Å². The highest BCUT2D eigenvalue weighted by Crippen LogP contribution is 2.30. The Morgan fingerprint density at radius 1 is 0.933 bits per heavy atom. The summed E-state index contributed by atoms with van der Waals surface area (Å²) in [5.41, 5.74) is 2.83. The van der Waals surface area contributed by atoms with Crippen molar-refractivity contribution in [1.29, 1.82) is 0 Å². The third-order valence-corrected chi connectivity index (χ3v) is 6.07. The van der Waals surface area contributed by atoms with Crippen molar-refractivity contribution >= 4 is 38.9 Å². The zero-order chi connectivity index (χ0) is 21.9. The Morgan fingerprint density at radius 2 is 1.63 bits per heavy atom. The monoisotopic (exact) mass is 444 g/mol. The Morgan fingerprint density at radius 3 is 2.27 bits per heavy atom. The summed E-state index contributed by atoms with van der Waals surface area (Å²) in [4.78, 5) is 12.6. The summed E-state index contributed by atoms with van der Waals surface area (Å²) in [7, 11) is -2.46. The van der Waals surface area contributed by atoms with Crippen molar-refractivity contribution in [2.45, 2.75) is 18.7 Å². The van der Waals surface area contributed by atoms with Crippen molar-refractivity contribution < 1.29 is 17.9 Å². The highest BCUT2D eigenvalue weighted by atomic mass is 35.5. The quantitative estimate of drug-likeness (QED) is 0.559. The summed E-state index contributed by atoms with van der Waals surface area (Å²) in [6, 6.07) is 16.2. The second kappa shape index (κ2) is 8.77. The van der Waals surface area contributed by atoms with Crippen LogP contribution in [0.2, 0.25) is 5.02 Å². The van der Waals surface area contributed by atoms with Crippen LogP contribution in [-0.2, 0) is 10.0 Å². The van der Waals surface area contributed by atoms with Crippen LogP contribution in [0.4, 0.5) is 11.4 Å². The van der Waals surface area contributed by atoms with Gasteiger partial charge in [-0.25, -0.2) is 8.42 Å². The van der Waals surface area contributed by atoms with Gasteiger partial charge in [-0.3, -0.25) is 9.52 Å². The first kappa shape index (κ1) is 21.7. The van der Waals surface area contributed by atoms with Crippen LogP contribution >= 0.6 is 11.6 Å². The first-order valence-electron chi connectivity index (χ1n) is 9.04. The fourth-order valence-corrected chi connectivity index (χ4v) is 4.18. The summed E-state index contributed by atoms with van der Waals surface area (Å²) in [5.74, 6) is -0.0264. The minimum Gasteiger partial charge on any atom is -0.495 e. The topological polar surface area (TPSA) is 84.5 Å². The van der Waals surface area contributed by atoms with Gasteiger partial charge in [-0.15, -0.1) is 0 Å². The molecule has 0 aliphatic heterocycles. The van der Waals surface area contributed by atoms with Crippen molar-refractivity contribution in [3.05, 3.63) is 82.4 Å². The molecule has 0 spiro atoms. The lowest BCUT2D eigenvalue weighted by molar-refractivity contribution is 0.102. The molecule has 0 radical (unpaired) electrons. The zero-order valence-corrected chi connectivity index (χ0v) is 18.3. The second-order valence-corrected chi connectivity index (χ2v) is 8.87. The summed E-state index contributed by atoms with van der Waals surface area (Å²) < 4.78 is 33.6. The molecule has 3 aromatic carbocycles. The SMILES string of the molecule is COc1ccc(S(=O)(=O)Nc2ccc(Cl)cc2C)cc1NC(=O)c1ccc(C)cc1. The molecule has 0 saturated carbocycles. The molecule has 0 bridgehead atoms. The lowest BCUT2D eigenvalue weighted by Gasteiger charge is -2.14. The first-order chi connectivity index (χ1) is 14.2. The number of aryl methyl sites for hydroxylation is 2. The fraction of sp³-hybridized carbons (Fsp3) is 0.136. The minimum absolute atomic E-state index is 0.0168. The van der Waals surface area contributed by atoms with E-state index >= 15 is 0 Å². The van der Waals surface area contributed by atoms with Gasteiger partial charge in [-0.1, -0.05) is 29.3 Å². The molecule has 30 heavy (non-hydrogen) atoms. The Labute approximate surface area is 180 Å². The number of nitrogens with one attached hydrogen (secondary N) is 2. The van der Waals surface area contributed by atoms with Crippen molar-refractivity contribution in [2.24, 2.45) is 0 Å². The summed E-state index contributed by atoms with van der Waals surface area (Å²) in [6.45, 7) is 3.68. The molecule has 0 heterocycles. The van der Waals surface area contributed by atoms with Gasteiger partial charge < -0.3 is 10.1 Å². The Kier molecular flexibility index (Phi) is 6.34. The highest BCUT2D eigenvalue weighted by molar-refractivity contribution is 7.92. The maximum atomic E-state index is 12.9. The van der Waals surface area contributed by atoms with Gasteiger partial charge in [0, 0.05) is 10.6 Å². The van der Waals surface area contributed by atoms with E-state index in [0.29, 0.717) is 27.6 Å². The maximum Gasteiger partial charge on any atom is 0.261 e. The molecule has 0 atom stereocenters. The Bertz CT molecular complexity index is 1190. The lowest BCUT2D eigenvalue weighted by atomic mass is 10.1. The van der Waals surface area contributed by atoms with Crippen molar-refractivity contribution in [3.8, 4) is 5.75 Å². The molecule has 2 N–H and O–H groups in total. The molecular formula is C22H21ClN2O4S. The van der Waals surface area contributed by atoms with E-state index in [4.69, 9.17) is 16.3 Å². The van der Waals surface area contributed by atoms with E-state index in [1.165, 1.54) is 25.3 Å². The average molecular weight is 445 g/mol. The number of ether oxygens (including phenoxy) is 1.